The molecule has 0 spiro atoms. The van der Waals surface area contributed by atoms with Crippen molar-refractivity contribution in [2.75, 3.05) is 19.6 Å². The topological polar surface area (TPSA) is 21.1 Å². The van der Waals surface area contributed by atoms with Crippen LogP contribution in [0.25, 0.3) is 0 Å². The molecule has 14 heavy (non-hydrogen) atoms. The lowest BCUT2D eigenvalue weighted by molar-refractivity contribution is 0.326. The van der Waals surface area contributed by atoms with Gasteiger partial charge in [0, 0.05) is 30.3 Å². The van der Waals surface area contributed by atoms with Gasteiger partial charge in [-0.25, -0.2) is 4.98 Å². The summed E-state index contributed by atoms with van der Waals surface area (Å²) in [4.78, 5) is 7.27. The summed E-state index contributed by atoms with van der Waals surface area (Å²) in [7, 11) is 0. The Morgan fingerprint density at radius 2 is 2.36 bits per heavy atom. The van der Waals surface area contributed by atoms with Gasteiger partial charge in [-0.15, -0.1) is 0 Å². The SMILES string of the molecule is BrC1CCN(CCCn2ccnc2)C1. The molecular weight excluding hydrogens is 242 g/mol. The fourth-order valence-electron chi connectivity index (χ4n) is 1.88. The fourth-order valence-corrected chi connectivity index (χ4v) is 2.50. The third-order valence-electron chi connectivity index (χ3n) is 2.66. The molecule has 3 nitrogen and oxygen atoms in total. The molecule has 0 bridgehead atoms. The highest BCUT2D eigenvalue weighted by Gasteiger charge is 2.18. The van der Waals surface area contributed by atoms with E-state index in [0.717, 1.165) is 11.4 Å². The summed E-state index contributed by atoms with van der Waals surface area (Å²) in [6.45, 7) is 4.76. The molecule has 1 unspecified atom stereocenters. The highest BCUT2D eigenvalue weighted by atomic mass is 79.9. The lowest BCUT2D eigenvalue weighted by Gasteiger charge is -2.14. The molecule has 78 valence electrons. The summed E-state index contributed by atoms with van der Waals surface area (Å²) in [5.74, 6) is 0. The number of alkyl halides is 1. The second-order valence-electron chi connectivity index (χ2n) is 3.84. The van der Waals surface area contributed by atoms with Crippen LogP contribution in [0.4, 0.5) is 0 Å². The largest absolute Gasteiger partial charge is 0.337 e. The number of hydrogen-bond donors (Lipinski definition) is 0. The Balaban J connectivity index is 1.64. The molecule has 1 aromatic heterocycles. The smallest absolute Gasteiger partial charge is 0.0945 e. The third-order valence-corrected chi connectivity index (χ3v) is 3.41. The minimum atomic E-state index is 0.718. The normalized spacial score (nSPS) is 23.1. The van der Waals surface area contributed by atoms with Crippen LogP contribution in [0.3, 0.4) is 0 Å². The Morgan fingerprint density at radius 3 is 3.00 bits per heavy atom. The van der Waals surface area contributed by atoms with Gasteiger partial charge in [-0.2, -0.15) is 0 Å². The zero-order chi connectivity index (χ0) is 9.80. The molecule has 0 aliphatic carbocycles. The van der Waals surface area contributed by atoms with Crippen molar-refractivity contribution in [2.45, 2.75) is 24.2 Å². The van der Waals surface area contributed by atoms with Crippen molar-refractivity contribution >= 4 is 15.9 Å². The van der Waals surface area contributed by atoms with E-state index < -0.39 is 0 Å². The Morgan fingerprint density at radius 1 is 1.43 bits per heavy atom. The van der Waals surface area contributed by atoms with E-state index in [0.29, 0.717) is 0 Å². The van der Waals surface area contributed by atoms with Gasteiger partial charge in [0.2, 0.25) is 0 Å². The summed E-state index contributed by atoms with van der Waals surface area (Å²) >= 11 is 3.65. The van der Waals surface area contributed by atoms with Crippen LogP contribution in [-0.2, 0) is 6.54 Å². The lowest BCUT2D eigenvalue weighted by Crippen LogP contribution is -2.22. The van der Waals surface area contributed by atoms with E-state index in [1.165, 1.54) is 32.5 Å². The predicted octanol–water partition coefficient (Wildman–Crippen LogP) is 1.74. The second-order valence-corrected chi connectivity index (χ2v) is 5.14. The first-order valence-corrected chi connectivity index (χ1v) is 6.08. The van der Waals surface area contributed by atoms with Crippen LogP contribution in [0.5, 0.6) is 0 Å². The zero-order valence-electron chi connectivity index (χ0n) is 8.27. The Kier molecular flexibility index (Phi) is 3.59. The summed E-state index contributed by atoms with van der Waals surface area (Å²) in [6, 6.07) is 0. The molecule has 0 radical (unpaired) electrons. The average Bonchev–Trinajstić information content (AvgIpc) is 2.77. The third kappa shape index (κ3) is 2.82. The first-order valence-electron chi connectivity index (χ1n) is 5.17. The lowest BCUT2D eigenvalue weighted by atomic mass is 10.4. The van der Waals surface area contributed by atoms with Crippen LogP contribution in [-0.4, -0.2) is 38.9 Å². The van der Waals surface area contributed by atoms with Gasteiger partial charge < -0.3 is 9.47 Å². The average molecular weight is 258 g/mol. The van der Waals surface area contributed by atoms with Gasteiger partial charge in [-0.3, -0.25) is 0 Å². The molecule has 0 amide bonds. The fraction of sp³-hybridized carbons (Fsp3) is 0.700. The van der Waals surface area contributed by atoms with Gasteiger partial charge in [-0.05, 0) is 25.9 Å². The van der Waals surface area contributed by atoms with Gasteiger partial charge in [0.1, 0.15) is 0 Å². The quantitative estimate of drug-likeness (QED) is 0.767. The minimum absolute atomic E-state index is 0.718. The highest BCUT2D eigenvalue weighted by molar-refractivity contribution is 9.09. The van der Waals surface area contributed by atoms with Crippen LogP contribution >= 0.6 is 15.9 Å². The van der Waals surface area contributed by atoms with Crippen molar-refractivity contribution in [3.63, 3.8) is 0 Å². The van der Waals surface area contributed by atoms with E-state index in [-0.39, 0.29) is 0 Å². The maximum absolute atomic E-state index is 4.03. The van der Waals surface area contributed by atoms with Crippen molar-refractivity contribution in [1.82, 2.24) is 14.5 Å². The van der Waals surface area contributed by atoms with Crippen molar-refractivity contribution in [1.29, 1.82) is 0 Å². The molecule has 1 aliphatic rings. The van der Waals surface area contributed by atoms with Crippen LogP contribution in [0, 0.1) is 0 Å². The highest BCUT2D eigenvalue weighted by Crippen LogP contribution is 2.16. The van der Waals surface area contributed by atoms with E-state index in [4.69, 9.17) is 0 Å². The number of aromatic nitrogens is 2. The Bertz CT molecular complexity index is 260. The van der Waals surface area contributed by atoms with Gasteiger partial charge >= 0.3 is 0 Å². The van der Waals surface area contributed by atoms with Crippen LogP contribution < -0.4 is 0 Å². The number of nitrogens with zero attached hydrogens (tertiary/aromatic N) is 3. The molecule has 1 aliphatic heterocycles. The van der Waals surface area contributed by atoms with Gasteiger partial charge in [0.25, 0.3) is 0 Å². The van der Waals surface area contributed by atoms with E-state index >= 15 is 0 Å². The van der Waals surface area contributed by atoms with Gasteiger partial charge in [0.15, 0.2) is 0 Å². The first-order chi connectivity index (χ1) is 6.84. The molecule has 1 aromatic rings. The standard InChI is InChI=1S/C10H16BrN3/c11-10-2-6-13(8-10)4-1-5-14-7-3-12-9-14/h3,7,9-10H,1-2,4-6,8H2. The van der Waals surface area contributed by atoms with Gasteiger partial charge in [-0.1, -0.05) is 15.9 Å². The molecule has 1 fully saturated rings. The monoisotopic (exact) mass is 257 g/mol. The van der Waals surface area contributed by atoms with E-state index in [2.05, 4.69) is 30.4 Å². The summed E-state index contributed by atoms with van der Waals surface area (Å²) in [5, 5.41) is 0. The van der Waals surface area contributed by atoms with Crippen molar-refractivity contribution in [3.8, 4) is 0 Å². The number of rotatable bonds is 4. The number of likely N-dealkylation sites (tertiary alicyclic amines) is 1. The van der Waals surface area contributed by atoms with E-state index in [1.54, 1.807) is 0 Å². The van der Waals surface area contributed by atoms with Crippen molar-refractivity contribution in [2.24, 2.45) is 0 Å². The number of hydrogen-bond acceptors (Lipinski definition) is 2. The van der Waals surface area contributed by atoms with Crippen LogP contribution in [0.1, 0.15) is 12.8 Å². The molecule has 2 heterocycles. The predicted molar refractivity (Wildman–Crippen MR) is 60.6 cm³/mol. The number of halogens is 1. The maximum Gasteiger partial charge on any atom is 0.0945 e. The summed E-state index contributed by atoms with van der Waals surface area (Å²) in [5.41, 5.74) is 0. The first kappa shape index (κ1) is 10.2. The number of aryl methyl sites for hydroxylation is 1. The van der Waals surface area contributed by atoms with Crippen LogP contribution in [0.15, 0.2) is 18.7 Å². The maximum atomic E-state index is 4.03. The minimum Gasteiger partial charge on any atom is -0.337 e. The Labute approximate surface area is 93.2 Å². The number of imidazole rings is 1. The Hall–Kier alpha value is -0.350. The van der Waals surface area contributed by atoms with E-state index in [9.17, 15) is 0 Å². The summed E-state index contributed by atoms with van der Waals surface area (Å²) < 4.78 is 2.14. The molecule has 0 aromatic carbocycles. The molecule has 0 saturated carbocycles. The zero-order valence-corrected chi connectivity index (χ0v) is 9.86. The molecule has 4 heteroatoms. The van der Waals surface area contributed by atoms with Crippen molar-refractivity contribution in [3.05, 3.63) is 18.7 Å². The van der Waals surface area contributed by atoms with Crippen molar-refractivity contribution < 1.29 is 0 Å². The molecule has 2 rings (SSSR count). The summed E-state index contributed by atoms with van der Waals surface area (Å²) in [6.07, 6.45) is 8.26. The van der Waals surface area contributed by atoms with Gasteiger partial charge in [0.05, 0.1) is 6.33 Å². The molecule has 1 saturated heterocycles. The second kappa shape index (κ2) is 4.94. The molecular formula is C10H16BrN3. The molecule has 1 atom stereocenters. The van der Waals surface area contributed by atoms with E-state index in [1.807, 2.05) is 18.7 Å². The molecule has 0 N–H and O–H groups in total. The van der Waals surface area contributed by atoms with Crippen LogP contribution in [0.2, 0.25) is 0 Å².